The van der Waals surface area contributed by atoms with Crippen molar-refractivity contribution in [3.8, 4) is 0 Å². The number of rotatable bonds is 4. The number of carboxylic acid groups (broad SMARTS) is 1. The molecule has 15 heavy (non-hydrogen) atoms. The van der Waals surface area contributed by atoms with Crippen LogP contribution in [0, 0.1) is 5.92 Å². The van der Waals surface area contributed by atoms with Gasteiger partial charge in [-0.1, -0.05) is 13.0 Å². The van der Waals surface area contributed by atoms with Crippen LogP contribution in [0.25, 0.3) is 0 Å². The Bertz CT molecular complexity index is 231. The van der Waals surface area contributed by atoms with E-state index in [4.69, 9.17) is 5.11 Å². The molecular formula is C11H20N2O2. The molecule has 0 radical (unpaired) electrons. The fraction of sp³-hybridized carbons (Fsp3) is 0.727. The summed E-state index contributed by atoms with van der Waals surface area (Å²) in [6.45, 7) is 9.31. The van der Waals surface area contributed by atoms with E-state index in [9.17, 15) is 4.79 Å². The van der Waals surface area contributed by atoms with Crippen LogP contribution in [-0.2, 0) is 4.79 Å². The number of nitrogens with zero attached hydrogens (tertiary/aromatic N) is 1. The number of hydrogen-bond acceptors (Lipinski definition) is 3. The molecule has 1 fully saturated rings. The minimum absolute atomic E-state index is 0.0884. The fourth-order valence-electron chi connectivity index (χ4n) is 2.03. The number of nitrogens with one attached hydrogen (secondary N) is 1. The van der Waals surface area contributed by atoms with Gasteiger partial charge in [-0.05, 0) is 12.5 Å². The van der Waals surface area contributed by atoms with Gasteiger partial charge < -0.3 is 10.4 Å². The first-order chi connectivity index (χ1) is 7.13. The average Bonchev–Trinajstić information content (AvgIpc) is 2.29. The van der Waals surface area contributed by atoms with Crippen LogP contribution in [0.2, 0.25) is 0 Å². The van der Waals surface area contributed by atoms with E-state index in [1.807, 2.05) is 6.08 Å². The van der Waals surface area contributed by atoms with E-state index in [1.165, 1.54) is 0 Å². The highest BCUT2D eigenvalue weighted by atomic mass is 16.4. The Kier molecular flexibility index (Phi) is 4.78. The maximum Gasteiger partial charge on any atom is 0.304 e. The summed E-state index contributed by atoms with van der Waals surface area (Å²) >= 11 is 0. The largest absolute Gasteiger partial charge is 0.481 e. The fourth-order valence-corrected chi connectivity index (χ4v) is 2.03. The Morgan fingerprint density at radius 2 is 2.40 bits per heavy atom. The SMILES string of the molecule is C=CCN1CC(C)CNCC1CC(=O)O. The molecule has 1 aliphatic rings. The predicted molar refractivity (Wildman–Crippen MR) is 59.8 cm³/mol. The predicted octanol–water partition coefficient (Wildman–Crippen LogP) is 0.557. The van der Waals surface area contributed by atoms with Crippen LogP contribution in [0.4, 0.5) is 0 Å². The lowest BCUT2D eigenvalue weighted by Gasteiger charge is -2.28. The molecule has 0 amide bonds. The van der Waals surface area contributed by atoms with Crippen molar-refractivity contribution in [2.75, 3.05) is 26.2 Å². The Hall–Kier alpha value is -0.870. The summed E-state index contributed by atoms with van der Waals surface area (Å²) in [6.07, 6.45) is 2.04. The maximum atomic E-state index is 10.7. The van der Waals surface area contributed by atoms with Gasteiger partial charge in [0.1, 0.15) is 0 Å². The summed E-state index contributed by atoms with van der Waals surface area (Å²) in [5, 5.41) is 12.1. The van der Waals surface area contributed by atoms with Crippen LogP contribution in [0.15, 0.2) is 12.7 Å². The monoisotopic (exact) mass is 212 g/mol. The molecule has 0 aromatic heterocycles. The second-order valence-corrected chi connectivity index (χ2v) is 4.26. The highest BCUT2D eigenvalue weighted by molar-refractivity contribution is 5.67. The number of aliphatic carboxylic acids is 1. The molecule has 1 heterocycles. The van der Waals surface area contributed by atoms with E-state index in [0.29, 0.717) is 5.92 Å². The average molecular weight is 212 g/mol. The molecule has 2 N–H and O–H groups in total. The van der Waals surface area contributed by atoms with E-state index in [-0.39, 0.29) is 12.5 Å². The van der Waals surface area contributed by atoms with Crippen LogP contribution in [0.3, 0.4) is 0 Å². The molecule has 0 saturated carbocycles. The first-order valence-corrected chi connectivity index (χ1v) is 5.41. The van der Waals surface area contributed by atoms with E-state index < -0.39 is 5.97 Å². The van der Waals surface area contributed by atoms with Gasteiger partial charge in [-0.3, -0.25) is 9.69 Å². The zero-order valence-electron chi connectivity index (χ0n) is 9.28. The standard InChI is InChI=1S/C11H20N2O2/c1-3-4-13-8-9(2)6-12-7-10(13)5-11(14)15/h3,9-10,12H,1,4-8H2,2H3,(H,14,15). The van der Waals surface area contributed by atoms with Crippen molar-refractivity contribution in [1.82, 2.24) is 10.2 Å². The lowest BCUT2D eigenvalue weighted by molar-refractivity contribution is -0.138. The van der Waals surface area contributed by atoms with Crippen LogP contribution in [0.1, 0.15) is 13.3 Å². The minimum Gasteiger partial charge on any atom is -0.481 e. The van der Waals surface area contributed by atoms with Gasteiger partial charge in [0.05, 0.1) is 6.42 Å². The Morgan fingerprint density at radius 3 is 3.00 bits per heavy atom. The third-order valence-electron chi connectivity index (χ3n) is 2.71. The molecule has 0 aliphatic carbocycles. The molecule has 1 saturated heterocycles. The van der Waals surface area contributed by atoms with Crippen LogP contribution in [0.5, 0.6) is 0 Å². The highest BCUT2D eigenvalue weighted by Crippen LogP contribution is 2.11. The molecule has 0 aromatic rings. The van der Waals surface area contributed by atoms with Gasteiger partial charge >= 0.3 is 5.97 Å². The summed E-state index contributed by atoms with van der Waals surface area (Å²) in [5.41, 5.74) is 0. The Morgan fingerprint density at radius 1 is 1.67 bits per heavy atom. The van der Waals surface area contributed by atoms with E-state index in [0.717, 1.165) is 26.2 Å². The van der Waals surface area contributed by atoms with Crippen molar-refractivity contribution in [2.45, 2.75) is 19.4 Å². The van der Waals surface area contributed by atoms with Gasteiger partial charge in [0, 0.05) is 25.7 Å². The number of carbonyl (C=O) groups is 1. The molecule has 4 nitrogen and oxygen atoms in total. The van der Waals surface area contributed by atoms with Crippen molar-refractivity contribution in [2.24, 2.45) is 5.92 Å². The normalized spacial score (nSPS) is 28.3. The molecule has 0 aromatic carbocycles. The smallest absolute Gasteiger partial charge is 0.304 e. The van der Waals surface area contributed by atoms with Crippen LogP contribution >= 0.6 is 0 Å². The molecule has 86 valence electrons. The van der Waals surface area contributed by atoms with E-state index in [1.54, 1.807) is 0 Å². The maximum absolute atomic E-state index is 10.7. The third kappa shape index (κ3) is 4.01. The topological polar surface area (TPSA) is 52.6 Å². The molecule has 2 unspecified atom stereocenters. The summed E-state index contributed by atoms with van der Waals surface area (Å²) < 4.78 is 0. The summed E-state index contributed by atoms with van der Waals surface area (Å²) in [5.74, 6) is -0.172. The molecule has 1 rings (SSSR count). The van der Waals surface area contributed by atoms with Crippen LogP contribution < -0.4 is 5.32 Å². The van der Waals surface area contributed by atoms with Crippen LogP contribution in [-0.4, -0.2) is 48.2 Å². The van der Waals surface area contributed by atoms with Crippen molar-refractivity contribution in [1.29, 1.82) is 0 Å². The quantitative estimate of drug-likeness (QED) is 0.668. The van der Waals surface area contributed by atoms with Gasteiger partial charge in [0.15, 0.2) is 0 Å². The van der Waals surface area contributed by atoms with Crippen molar-refractivity contribution in [3.63, 3.8) is 0 Å². The van der Waals surface area contributed by atoms with Gasteiger partial charge in [-0.2, -0.15) is 0 Å². The van der Waals surface area contributed by atoms with Gasteiger partial charge in [0.25, 0.3) is 0 Å². The molecular weight excluding hydrogens is 192 g/mol. The molecule has 0 bridgehead atoms. The third-order valence-corrected chi connectivity index (χ3v) is 2.71. The Balaban J connectivity index is 2.61. The van der Waals surface area contributed by atoms with Crippen molar-refractivity contribution >= 4 is 5.97 Å². The molecule has 2 atom stereocenters. The summed E-state index contributed by atoms with van der Waals surface area (Å²) in [4.78, 5) is 12.9. The molecule has 1 aliphatic heterocycles. The zero-order valence-corrected chi connectivity index (χ0v) is 9.28. The zero-order chi connectivity index (χ0) is 11.3. The second kappa shape index (κ2) is 5.88. The number of carboxylic acids is 1. The van der Waals surface area contributed by atoms with Crippen molar-refractivity contribution < 1.29 is 9.90 Å². The van der Waals surface area contributed by atoms with Gasteiger partial charge in [0.2, 0.25) is 0 Å². The van der Waals surface area contributed by atoms with Gasteiger partial charge in [-0.25, -0.2) is 0 Å². The Labute approximate surface area is 91.0 Å². The molecule has 4 heteroatoms. The van der Waals surface area contributed by atoms with Gasteiger partial charge in [-0.15, -0.1) is 6.58 Å². The molecule has 0 spiro atoms. The van der Waals surface area contributed by atoms with E-state index >= 15 is 0 Å². The first-order valence-electron chi connectivity index (χ1n) is 5.41. The second-order valence-electron chi connectivity index (χ2n) is 4.26. The summed E-state index contributed by atoms with van der Waals surface area (Å²) in [6, 6.07) is 0.0884. The lowest BCUT2D eigenvalue weighted by Crippen LogP contribution is -2.41. The highest BCUT2D eigenvalue weighted by Gasteiger charge is 2.24. The lowest BCUT2D eigenvalue weighted by atomic mass is 10.1. The van der Waals surface area contributed by atoms with E-state index in [2.05, 4.69) is 23.7 Å². The minimum atomic E-state index is -0.731. The first kappa shape index (κ1) is 12.2. The summed E-state index contributed by atoms with van der Waals surface area (Å²) in [7, 11) is 0. The van der Waals surface area contributed by atoms with Crippen molar-refractivity contribution in [3.05, 3.63) is 12.7 Å². The number of hydrogen-bond donors (Lipinski definition) is 2.